The van der Waals surface area contributed by atoms with E-state index < -0.39 is 0 Å². The lowest BCUT2D eigenvalue weighted by Gasteiger charge is -2.33. The van der Waals surface area contributed by atoms with Crippen LogP contribution in [0.4, 0.5) is 5.69 Å². The summed E-state index contributed by atoms with van der Waals surface area (Å²) in [6, 6.07) is 14.8. The minimum atomic E-state index is -0.0913. The normalized spacial score (nSPS) is 18.5. The molecule has 0 atom stereocenters. The van der Waals surface area contributed by atoms with E-state index in [1.54, 1.807) is 0 Å². The van der Waals surface area contributed by atoms with Crippen LogP contribution in [0, 0.1) is 0 Å². The highest BCUT2D eigenvalue weighted by Gasteiger charge is 2.30. The van der Waals surface area contributed by atoms with E-state index in [9.17, 15) is 0 Å². The van der Waals surface area contributed by atoms with Gasteiger partial charge in [-0.1, -0.05) is 24.3 Å². The van der Waals surface area contributed by atoms with E-state index in [0.29, 0.717) is 0 Å². The van der Waals surface area contributed by atoms with Crippen molar-refractivity contribution in [3.05, 3.63) is 53.6 Å². The number of hydrogen-bond acceptors (Lipinski definition) is 2. The minimum absolute atomic E-state index is 0.0913. The van der Waals surface area contributed by atoms with Gasteiger partial charge in [-0.25, -0.2) is 4.99 Å². The molecule has 0 aliphatic carbocycles. The van der Waals surface area contributed by atoms with Gasteiger partial charge < -0.3 is 4.74 Å². The van der Waals surface area contributed by atoms with Crippen molar-refractivity contribution in [1.82, 2.24) is 0 Å². The van der Waals surface area contributed by atoms with Crippen LogP contribution in [0.2, 0.25) is 0 Å². The Morgan fingerprint density at radius 3 is 2.81 bits per heavy atom. The standard InChI is InChI=1S/C18H18NOS/c1-18(2)11-10-12-6-5-7-13(16(12)20-18)17-19-14-8-3-4-9-15(14)21-17/h3-9,21H,10-11H2,1-2H3. The van der Waals surface area contributed by atoms with E-state index >= 15 is 0 Å². The molecule has 0 saturated heterocycles. The Balaban J connectivity index is 1.79. The number of nitrogens with zero attached hydrogens (tertiary/aromatic N) is 1. The van der Waals surface area contributed by atoms with Gasteiger partial charge in [-0.2, -0.15) is 0 Å². The van der Waals surface area contributed by atoms with Crippen LogP contribution in [0.5, 0.6) is 5.75 Å². The van der Waals surface area contributed by atoms with Crippen molar-refractivity contribution in [1.29, 1.82) is 0 Å². The third-order valence-electron chi connectivity index (χ3n) is 4.05. The van der Waals surface area contributed by atoms with Gasteiger partial charge in [0.2, 0.25) is 0 Å². The van der Waals surface area contributed by atoms with Gasteiger partial charge in [0.1, 0.15) is 16.4 Å². The highest BCUT2D eigenvalue weighted by Crippen LogP contribution is 2.44. The zero-order valence-corrected chi connectivity index (χ0v) is 13.2. The first-order chi connectivity index (χ1) is 10.1. The number of aliphatic imine (C=N–C) groups is 1. The Hall–Kier alpha value is -1.74. The van der Waals surface area contributed by atoms with Gasteiger partial charge in [-0.3, -0.25) is 0 Å². The first-order valence-electron chi connectivity index (χ1n) is 7.33. The molecule has 2 heterocycles. The van der Waals surface area contributed by atoms with Crippen LogP contribution < -0.4 is 4.74 Å². The Morgan fingerprint density at radius 1 is 1.10 bits per heavy atom. The average molecular weight is 296 g/mol. The number of thiol groups is 1. The van der Waals surface area contributed by atoms with Crippen LogP contribution in [0.25, 0.3) is 0 Å². The lowest BCUT2D eigenvalue weighted by molar-refractivity contribution is 0.0845. The molecular weight excluding hydrogens is 278 g/mol. The number of hydrogen-bond donors (Lipinski definition) is 1. The Labute approximate surface area is 129 Å². The molecule has 0 bridgehead atoms. The third kappa shape index (κ3) is 2.26. The summed E-state index contributed by atoms with van der Waals surface area (Å²) in [6.45, 7) is 4.32. The number of fused-ring (bicyclic) bond motifs is 2. The van der Waals surface area contributed by atoms with Gasteiger partial charge in [0.25, 0.3) is 0 Å². The fourth-order valence-electron chi connectivity index (χ4n) is 2.87. The predicted molar refractivity (Wildman–Crippen MR) is 89.4 cm³/mol. The van der Waals surface area contributed by atoms with Gasteiger partial charge in [0, 0.05) is 10.5 Å². The molecule has 1 radical (unpaired) electrons. The quantitative estimate of drug-likeness (QED) is 0.756. The minimum Gasteiger partial charge on any atom is -0.487 e. The molecule has 0 N–H and O–H groups in total. The summed E-state index contributed by atoms with van der Waals surface area (Å²) in [7, 11) is 0. The van der Waals surface area contributed by atoms with E-state index in [1.165, 1.54) is 22.2 Å². The summed E-state index contributed by atoms with van der Waals surface area (Å²) >= 11 is 1.18. The van der Waals surface area contributed by atoms with Crippen molar-refractivity contribution in [2.45, 2.75) is 37.2 Å². The van der Waals surface area contributed by atoms with Gasteiger partial charge in [0.05, 0.1) is 5.69 Å². The van der Waals surface area contributed by atoms with E-state index in [2.05, 4.69) is 50.2 Å². The first kappa shape index (κ1) is 13.0. The number of para-hydroxylation sites is 2. The smallest absolute Gasteiger partial charge is 0.133 e. The second-order valence-corrected chi connectivity index (χ2v) is 7.32. The Bertz CT molecular complexity index is 749. The Morgan fingerprint density at radius 2 is 1.95 bits per heavy atom. The zero-order chi connectivity index (χ0) is 14.4. The molecule has 0 spiro atoms. The topological polar surface area (TPSA) is 21.6 Å². The third-order valence-corrected chi connectivity index (χ3v) is 5.22. The van der Waals surface area contributed by atoms with E-state index in [1.807, 2.05) is 6.07 Å². The molecule has 0 amide bonds. The largest absolute Gasteiger partial charge is 0.487 e. The number of rotatable bonds is 1. The number of aryl methyl sites for hydroxylation is 1. The maximum Gasteiger partial charge on any atom is 0.133 e. The molecule has 2 aromatic carbocycles. The number of ether oxygens (including phenoxy) is 1. The molecule has 0 aromatic heterocycles. The van der Waals surface area contributed by atoms with Crippen LogP contribution in [-0.2, 0) is 6.42 Å². The second kappa shape index (κ2) is 4.63. The maximum absolute atomic E-state index is 6.28. The van der Waals surface area contributed by atoms with Crippen molar-refractivity contribution in [3.8, 4) is 5.75 Å². The molecular formula is C18H18NOS. The molecule has 0 fully saturated rings. The Kier molecular flexibility index (Phi) is 2.86. The first-order valence-corrected chi connectivity index (χ1v) is 8.23. The lowest BCUT2D eigenvalue weighted by Crippen LogP contribution is -2.33. The van der Waals surface area contributed by atoms with E-state index in [4.69, 9.17) is 9.73 Å². The lowest BCUT2D eigenvalue weighted by atomic mass is 9.93. The highest BCUT2D eigenvalue weighted by atomic mass is 32.2. The summed E-state index contributed by atoms with van der Waals surface area (Å²) in [4.78, 5) is 6.08. The summed E-state index contributed by atoms with van der Waals surface area (Å²) in [6.07, 6.45) is 2.14. The van der Waals surface area contributed by atoms with Crippen LogP contribution in [0.15, 0.2) is 52.4 Å². The summed E-state index contributed by atoms with van der Waals surface area (Å²) in [5.41, 5.74) is 3.45. The monoisotopic (exact) mass is 296 g/mol. The highest BCUT2D eigenvalue weighted by molar-refractivity contribution is 8.15. The molecule has 21 heavy (non-hydrogen) atoms. The molecule has 2 aliphatic rings. The van der Waals surface area contributed by atoms with E-state index in [-0.39, 0.29) is 5.60 Å². The van der Waals surface area contributed by atoms with Crippen LogP contribution in [0.3, 0.4) is 0 Å². The van der Waals surface area contributed by atoms with Gasteiger partial charge in [-0.15, -0.1) is 11.8 Å². The molecule has 2 aromatic rings. The molecule has 0 unspecified atom stereocenters. The molecule has 4 rings (SSSR count). The molecule has 107 valence electrons. The summed E-state index contributed by atoms with van der Waals surface area (Å²) in [5.74, 6) is 1.04. The van der Waals surface area contributed by atoms with Crippen LogP contribution in [-0.4, -0.2) is 10.6 Å². The number of benzene rings is 2. The maximum atomic E-state index is 6.28. The van der Waals surface area contributed by atoms with Gasteiger partial charge in [-0.05, 0) is 50.5 Å². The fraction of sp³-hybridized carbons (Fsp3) is 0.278. The summed E-state index contributed by atoms with van der Waals surface area (Å²) < 4.78 is 6.28. The molecule has 3 heteroatoms. The van der Waals surface area contributed by atoms with Gasteiger partial charge in [0.15, 0.2) is 0 Å². The zero-order valence-electron chi connectivity index (χ0n) is 12.3. The summed E-state index contributed by atoms with van der Waals surface area (Å²) in [5, 5.41) is 1.10. The molecule has 0 saturated carbocycles. The average Bonchev–Trinajstić information content (AvgIpc) is 2.89. The predicted octanol–water partition coefficient (Wildman–Crippen LogP) is 4.71. The van der Waals surface area contributed by atoms with Crippen molar-refractivity contribution >= 4 is 22.5 Å². The van der Waals surface area contributed by atoms with E-state index in [0.717, 1.165) is 34.9 Å². The van der Waals surface area contributed by atoms with Crippen LogP contribution in [0.1, 0.15) is 31.4 Å². The fourth-order valence-corrected chi connectivity index (χ4v) is 3.95. The van der Waals surface area contributed by atoms with Crippen LogP contribution >= 0.6 is 11.8 Å². The van der Waals surface area contributed by atoms with Gasteiger partial charge >= 0.3 is 0 Å². The van der Waals surface area contributed by atoms with Crippen molar-refractivity contribution in [2.75, 3.05) is 0 Å². The van der Waals surface area contributed by atoms with Crippen molar-refractivity contribution in [2.24, 2.45) is 4.99 Å². The second-order valence-electron chi connectivity index (χ2n) is 6.19. The molecule has 2 nitrogen and oxygen atoms in total. The van der Waals surface area contributed by atoms with Crippen molar-refractivity contribution < 1.29 is 4.74 Å². The molecule has 2 aliphatic heterocycles. The van der Waals surface area contributed by atoms with Crippen molar-refractivity contribution in [3.63, 3.8) is 0 Å². The SMILES string of the molecule is CC1(C)CCc2cccc(C3=Nc4ccccc4[SH]3)c2O1.